The average Bonchev–Trinajstić information content (AvgIpc) is 2.19. The fourth-order valence-corrected chi connectivity index (χ4v) is 1.41. The second-order valence-corrected chi connectivity index (χ2v) is 4.29. The minimum absolute atomic E-state index is 0.141. The Morgan fingerprint density at radius 1 is 1.60 bits per heavy atom. The minimum Gasteiger partial charge on any atom is -0.376 e. The maximum Gasteiger partial charge on any atom is 0.239 e. The molecule has 4 N–H and O–H groups in total. The third-order valence-electron chi connectivity index (χ3n) is 2.54. The van der Waals surface area contributed by atoms with Crippen LogP contribution in [-0.4, -0.2) is 37.4 Å². The molecule has 0 radical (unpaired) electrons. The van der Waals surface area contributed by atoms with Gasteiger partial charge in [0.15, 0.2) is 0 Å². The highest BCUT2D eigenvalue weighted by molar-refractivity contribution is 5.83. The normalized spacial score (nSPS) is 25.9. The summed E-state index contributed by atoms with van der Waals surface area (Å²) >= 11 is 0. The van der Waals surface area contributed by atoms with E-state index >= 15 is 0 Å². The van der Waals surface area contributed by atoms with E-state index in [-0.39, 0.29) is 12.7 Å². The average molecular weight is 216 g/mol. The van der Waals surface area contributed by atoms with E-state index in [0.717, 1.165) is 19.4 Å². The van der Waals surface area contributed by atoms with Gasteiger partial charge < -0.3 is 20.9 Å². The van der Waals surface area contributed by atoms with Crippen LogP contribution in [0.4, 0.5) is 0 Å². The summed E-state index contributed by atoms with van der Waals surface area (Å²) in [6.45, 7) is 2.99. The molecule has 1 amide bonds. The van der Waals surface area contributed by atoms with Crippen molar-refractivity contribution in [2.24, 2.45) is 11.5 Å². The Labute approximate surface area is 90.1 Å². The van der Waals surface area contributed by atoms with E-state index in [9.17, 15) is 4.79 Å². The minimum atomic E-state index is -1.09. The van der Waals surface area contributed by atoms with Crippen molar-refractivity contribution in [3.63, 3.8) is 0 Å². The summed E-state index contributed by atoms with van der Waals surface area (Å²) in [5, 5.41) is 0. The molecular formula is C10H20N2O3. The summed E-state index contributed by atoms with van der Waals surface area (Å²) in [6.07, 6.45) is 3.44. The number of hydrogen-bond donors (Lipinski definition) is 2. The topological polar surface area (TPSA) is 87.6 Å². The first-order valence-electron chi connectivity index (χ1n) is 5.30. The molecular weight excluding hydrogens is 196 g/mol. The van der Waals surface area contributed by atoms with Gasteiger partial charge in [0, 0.05) is 6.61 Å². The number of nitrogens with two attached hydrogens (primary N) is 2. The molecule has 0 aromatic rings. The van der Waals surface area contributed by atoms with E-state index < -0.39 is 11.4 Å². The van der Waals surface area contributed by atoms with Gasteiger partial charge >= 0.3 is 0 Å². The summed E-state index contributed by atoms with van der Waals surface area (Å²) in [5.41, 5.74) is 9.66. The standard InChI is InChI=1S/C10H20N2O3/c1-10(12,9(11)13)7-14-6-8-4-2-3-5-15-8/h8H,2-7,12H2,1H3,(H2,11,13). The second kappa shape index (κ2) is 5.44. The largest absolute Gasteiger partial charge is 0.376 e. The molecule has 1 aliphatic heterocycles. The SMILES string of the molecule is CC(N)(COCC1CCCCO1)C(N)=O. The van der Waals surface area contributed by atoms with E-state index in [1.165, 1.54) is 6.42 Å². The molecule has 2 unspecified atom stereocenters. The maximum atomic E-state index is 10.9. The van der Waals surface area contributed by atoms with Crippen molar-refractivity contribution in [2.45, 2.75) is 37.8 Å². The molecule has 1 fully saturated rings. The van der Waals surface area contributed by atoms with Crippen LogP contribution in [0.5, 0.6) is 0 Å². The molecule has 0 spiro atoms. The fraction of sp³-hybridized carbons (Fsp3) is 0.900. The van der Waals surface area contributed by atoms with Crippen LogP contribution in [0.2, 0.25) is 0 Å². The van der Waals surface area contributed by atoms with Crippen molar-refractivity contribution in [3.05, 3.63) is 0 Å². The Morgan fingerprint density at radius 3 is 2.87 bits per heavy atom. The molecule has 0 bridgehead atoms. The Bertz CT molecular complexity index is 213. The van der Waals surface area contributed by atoms with Crippen LogP contribution in [-0.2, 0) is 14.3 Å². The van der Waals surface area contributed by atoms with Crippen LogP contribution in [0.15, 0.2) is 0 Å². The highest BCUT2D eigenvalue weighted by atomic mass is 16.5. The van der Waals surface area contributed by atoms with Crippen LogP contribution in [0.1, 0.15) is 26.2 Å². The van der Waals surface area contributed by atoms with Crippen molar-refractivity contribution in [1.82, 2.24) is 0 Å². The molecule has 1 aliphatic rings. The smallest absolute Gasteiger partial charge is 0.239 e. The van der Waals surface area contributed by atoms with Gasteiger partial charge in [-0.25, -0.2) is 0 Å². The van der Waals surface area contributed by atoms with Crippen molar-refractivity contribution in [1.29, 1.82) is 0 Å². The lowest BCUT2D eigenvalue weighted by molar-refractivity contribution is -0.125. The van der Waals surface area contributed by atoms with Gasteiger partial charge in [-0.05, 0) is 26.2 Å². The van der Waals surface area contributed by atoms with Crippen LogP contribution >= 0.6 is 0 Å². The second-order valence-electron chi connectivity index (χ2n) is 4.29. The van der Waals surface area contributed by atoms with E-state index in [0.29, 0.717) is 6.61 Å². The number of amides is 1. The van der Waals surface area contributed by atoms with Crippen molar-refractivity contribution < 1.29 is 14.3 Å². The lowest BCUT2D eigenvalue weighted by atomic mass is 10.1. The summed E-state index contributed by atoms with van der Waals surface area (Å²) in [7, 11) is 0. The first-order valence-corrected chi connectivity index (χ1v) is 5.30. The predicted octanol–water partition coefficient (Wildman–Crippen LogP) is -0.225. The van der Waals surface area contributed by atoms with E-state index in [1.54, 1.807) is 6.92 Å². The molecule has 5 heteroatoms. The lowest BCUT2D eigenvalue weighted by Crippen LogP contribution is -2.53. The zero-order valence-corrected chi connectivity index (χ0v) is 9.20. The van der Waals surface area contributed by atoms with E-state index in [1.807, 2.05) is 0 Å². The molecule has 2 atom stereocenters. The van der Waals surface area contributed by atoms with Crippen molar-refractivity contribution in [2.75, 3.05) is 19.8 Å². The Morgan fingerprint density at radius 2 is 2.33 bits per heavy atom. The van der Waals surface area contributed by atoms with Gasteiger partial charge in [0.2, 0.25) is 5.91 Å². The van der Waals surface area contributed by atoms with Crippen LogP contribution < -0.4 is 11.5 Å². The zero-order valence-electron chi connectivity index (χ0n) is 9.20. The number of carbonyl (C=O) groups is 1. The van der Waals surface area contributed by atoms with Crippen LogP contribution in [0, 0.1) is 0 Å². The first-order chi connectivity index (χ1) is 7.02. The number of carbonyl (C=O) groups excluding carboxylic acids is 1. The van der Waals surface area contributed by atoms with Gasteiger partial charge in [-0.1, -0.05) is 0 Å². The molecule has 1 heterocycles. The zero-order chi connectivity index (χ0) is 11.3. The molecule has 5 nitrogen and oxygen atoms in total. The van der Waals surface area contributed by atoms with Gasteiger partial charge in [-0.3, -0.25) is 4.79 Å². The fourth-order valence-electron chi connectivity index (χ4n) is 1.41. The summed E-state index contributed by atoms with van der Waals surface area (Å²) in [6, 6.07) is 0. The maximum absolute atomic E-state index is 10.9. The number of ether oxygens (including phenoxy) is 2. The predicted molar refractivity (Wildman–Crippen MR) is 56.2 cm³/mol. The van der Waals surface area contributed by atoms with E-state index in [4.69, 9.17) is 20.9 Å². The highest BCUT2D eigenvalue weighted by Crippen LogP contribution is 2.13. The van der Waals surface area contributed by atoms with Crippen LogP contribution in [0.25, 0.3) is 0 Å². The van der Waals surface area contributed by atoms with Gasteiger partial charge in [0.05, 0.1) is 19.3 Å². The molecule has 15 heavy (non-hydrogen) atoms. The van der Waals surface area contributed by atoms with Gasteiger partial charge in [-0.2, -0.15) is 0 Å². The van der Waals surface area contributed by atoms with Gasteiger partial charge in [0.1, 0.15) is 5.54 Å². The summed E-state index contributed by atoms with van der Waals surface area (Å²) < 4.78 is 10.8. The molecule has 0 aromatic carbocycles. The Hall–Kier alpha value is -0.650. The summed E-state index contributed by atoms with van der Waals surface area (Å²) in [4.78, 5) is 10.9. The van der Waals surface area contributed by atoms with Crippen LogP contribution in [0.3, 0.4) is 0 Å². The lowest BCUT2D eigenvalue weighted by Gasteiger charge is -2.25. The molecule has 0 saturated carbocycles. The molecule has 1 saturated heterocycles. The number of primary amides is 1. The summed E-state index contributed by atoms with van der Waals surface area (Å²) in [5.74, 6) is -0.549. The highest BCUT2D eigenvalue weighted by Gasteiger charge is 2.26. The Kier molecular flexibility index (Phi) is 4.50. The molecule has 1 rings (SSSR count). The molecule has 88 valence electrons. The third-order valence-corrected chi connectivity index (χ3v) is 2.54. The molecule has 0 aromatic heterocycles. The molecule has 0 aliphatic carbocycles. The number of hydrogen-bond acceptors (Lipinski definition) is 4. The number of rotatable bonds is 5. The van der Waals surface area contributed by atoms with E-state index in [2.05, 4.69) is 0 Å². The van der Waals surface area contributed by atoms with Gasteiger partial charge in [-0.15, -0.1) is 0 Å². The third kappa shape index (κ3) is 4.15. The van der Waals surface area contributed by atoms with Crippen molar-refractivity contribution >= 4 is 5.91 Å². The Balaban J connectivity index is 2.17. The first kappa shape index (κ1) is 12.4. The quantitative estimate of drug-likeness (QED) is 0.664. The van der Waals surface area contributed by atoms with Gasteiger partial charge in [0.25, 0.3) is 0 Å². The van der Waals surface area contributed by atoms with Crippen molar-refractivity contribution in [3.8, 4) is 0 Å². The monoisotopic (exact) mass is 216 g/mol.